The van der Waals surface area contributed by atoms with Gasteiger partial charge in [0.15, 0.2) is 0 Å². The molecule has 14 heavy (non-hydrogen) atoms. The zero-order chi connectivity index (χ0) is 10.8. The first kappa shape index (κ1) is 11.1. The van der Waals surface area contributed by atoms with Crippen molar-refractivity contribution in [2.45, 2.75) is 6.18 Å². The smallest absolute Gasteiger partial charge is 0.251 e. The number of hydrogen-bond acceptors (Lipinski definition) is 2. The van der Waals surface area contributed by atoms with Crippen molar-refractivity contribution in [3.63, 3.8) is 0 Å². The predicted octanol–water partition coefficient (Wildman–Crippen LogP) is 3.43. The maximum Gasteiger partial charge on any atom is 0.433 e. The highest BCUT2D eigenvalue weighted by Gasteiger charge is 2.31. The lowest BCUT2D eigenvalue weighted by Crippen LogP contribution is -2.07. The molecule has 5 heteroatoms. The Hall–Kier alpha value is -0.970. The normalized spacial score (nSPS) is 11.4. The molecule has 0 spiro atoms. The Labute approximate surface area is 84.0 Å². The van der Waals surface area contributed by atoms with E-state index in [4.69, 9.17) is 0 Å². The van der Waals surface area contributed by atoms with Crippen LogP contribution in [0.4, 0.5) is 13.2 Å². The van der Waals surface area contributed by atoms with E-state index in [1.807, 2.05) is 0 Å². The number of pyridine rings is 1. The maximum atomic E-state index is 12.1. The Morgan fingerprint density at radius 2 is 2.07 bits per heavy atom. The van der Waals surface area contributed by atoms with Crippen LogP contribution in [-0.4, -0.2) is 11.2 Å². The highest BCUT2D eigenvalue weighted by Crippen LogP contribution is 2.29. The van der Waals surface area contributed by atoms with E-state index in [0.717, 1.165) is 6.07 Å². The molecule has 0 amide bonds. The molecule has 0 saturated carbocycles. The molecular weight excluding hydrogens is 211 g/mol. The van der Waals surface area contributed by atoms with Crippen LogP contribution >= 0.6 is 11.8 Å². The Bertz CT molecular complexity index is 329. The number of hydrogen-bond donors (Lipinski definition) is 0. The minimum atomic E-state index is -4.38. The fraction of sp³-hybridized carbons (Fsp3) is 0.222. The Morgan fingerprint density at radius 1 is 1.43 bits per heavy atom. The van der Waals surface area contributed by atoms with Crippen LogP contribution < -0.4 is 0 Å². The molecule has 0 radical (unpaired) electrons. The number of halogens is 3. The summed E-state index contributed by atoms with van der Waals surface area (Å²) in [4.78, 5) is 4.02. The highest BCUT2D eigenvalue weighted by atomic mass is 32.2. The summed E-state index contributed by atoms with van der Waals surface area (Å²) in [6.07, 6.45) is -1.39. The molecule has 1 heterocycles. The van der Waals surface area contributed by atoms with Crippen molar-refractivity contribution in [3.05, 3.63) is 36.2 Å². The third-order valence-electron chi connectivity index (χ3n) is 1.62. The predicted molar refractivity (Wildman–Crippen MR) is 51.8 cm³/mol. The molecule has 0 aliphatic heterocycles. The van der Waals surface area contributed by atoms with Gasteiger partial charge < -0.3 is 0 Å². The Kier molecular flexibility index (Phi) is 3.21. The largest absolute Gasteiger partial charge is 0.433 e. The van der Waals surface area contributed by atoms with Crippen molar-refractivity contribution < 1.29 is 13.2 Å². The highest BCUT2D eigenvalue weighted by molar-refractivity contribution is 8.07. The Morgan fingerprint density at radius 3 is 2.43 bits per heavy atom. The second-order valence-corrected chi connectivity index (χ2v) is 3.46. The molecule has 1 aromatic heterocycles. The molecule has 0 fully saturated rings. The third-order valence-corrected chi connectivity index (χ3v) is 2.35. The van der Waals surface area contributed by atoms with E-state index >= 15 is 0 Å². The van der Waals surface area contributed by atoms with Crippen molar-refractivity contribution in [3.8, 4) is 0 Å². The van der Waals surface area contributed by atoms with Crippen LogP contribution in [0, 0.1) is 0 Å². The van der Waals surface area contributed by atoms with Gasteiger partial charge in [-0.2, -0.15) is 13.2 Å². The second kappa shape index (κ2) is 4.04. The molecule has 0 aromatic carbocycles. The van der Waals surface area contributed by atoms with Gasteiger partial charge in [0, 0.05) is 16.7 Å². The SMILES string of the molecule is C=C(SC)c1ccc(C(F)(F)F)nc1. The first-order valence-electron chi connectivity index (χ1n) is 3.71. The van der Waals surface area contributed by atoms with Crippen LogP contribution in [0.25, 0.3) is 4.91 Å². The zero-order valence-corrected chi connectivity index (χ0v) is 8.25. The zero-order valence-electron chi connectivity index (χ0n) is 7.43. The molecular formula is C9H8F3NS. The monoisotopic (exact) mass is 219 g/mol. The average molecular weight is 219 g/mol. The fourth-order valence-electron chi connectivity index (χ4n) is 0.844. The van der Waals surface area contributed by atoms with Gasteiger partial charge >= 0.3 is 6.18 Å². The molecule has 0 atom stereocenters. The molecule has 0 aliphatic carbocycles. The quantitative estimate of drug-likeness (QED) is 0.755. The van der Waals surface area contributed by atoms with Crippen LogP contribution in [0.15, 0.2) is 24.9 Å². The summed E-state index contributed by atoms with van der Waals surface area (Å²) in [5.74, 6) is 0. The molecule has 1 rings (SSSR count). The first-order valence-corrected chi connectivity index (χ1v) is 4.94. The van der Waals surface area contributed by atoms with Gasteiger partial charge in [0.05, 0.1) is 0 Å². The van der Waals surface area contributed by atoms with E-state index in [1.54, 1.807) is 6.26 Å². The average Bonchev–Trinajstić information content (AvgIpc) is 2.15. The van der Waals surface area contributed by atoms with Gasteiger partial charge in [-0.15, -0.1) is 11.8 Å². The van der Waals surface area contributed by atoms with Crippen molar-refractivity contribution in [2.24, 2.45) is 0 Å². The lowest BCUT2D eigenvalue weighted by atomic mass is 10.2. The third kappa shape index (κ3) is 2.51. The molecule has 0 saturated heterocycles. The van der Waals surface area contributed by atoms with Crippen LogP contribution in [0.1, 0.15) is 11.3 Å². The minimum absolute atomic E-state index is 0.616. The van der Waals surface area contributed by atoms with Gasteiger partial charge in [-0.05, 0) is 12.3 Å². The van der Waals surface area contributed by atoms with E-state index in [-0.39, 0.29) is 0 Å². The molecule has 1 aromatic rings. The summed E-state index contributed by atoms with van der Waals surface area (Å²) >= 11 is 1.38. The van der Waals surface area contributed by atoms with E-state index in [2.05, 4.69) is 11.6 Å². The Balaban J connectivity index is 2.95. The van der Waals surface area contributed by atoms with Gasteiger partial charge in [-0.3, -0.25) is 4.98 Å². The van der Waals surface area contributed by atoms with Gasteiger partial charge in [0.2, 0.25) is 0 Å². The topological polar surface area (TPSA) is 12.9 Å². The molecule has 76 valence electrons. The van der Waals surface area contributed by atoms with Crippen molar-refractivity contribution in [2.75, 3.05) is 6.26 Å². The van der Waals surface area contributed by atoms with Crippen molar-refractivity contribution in [1.29, 1.82) is 0 Å². The summed E-state index contributed by atoms with van der Waals surface area (Å²) in [5, 5.41) is 0. The number of alkyl halides is 3. The second-order valence-electron chi connectivity index (χ2n) is 2.56. The molecule has 0 aliphatic rings. The van der Waals surface area contributed by atoms with Crippen LogP contribution in [0.3, 0.4) is 0 Å². The van der Waals surface area contributed by atoms with Gasteiger partial charge in [0.1, 0.15) is 5.69 Å². The van der Waals surface area contributed by atoms with Gasteiger partial charge in [-0.25, -0.2) is 0 Å². The summed E-state index contributed by atoms with van der Waals surface area (Å²) in [7, 11) is 0. The van der Waals surface area contributed by atoms with E-state index in [1.165, 1.54) is 24.0 Å². The first-order chi connectivity index (χ1) is 6.45. The molecule has 0 N–H and O–H groups in total. The minimum Gasteiger partial charge on any atom is -0.251 e. The number of aromatic nitrogens is 1. The number of nitrogens with zero attached hydrogens (tertiary/aromatic N) is 1. The van der Waals surface area contributed by atoms with Crippen LogP contribution in [0.5, 0.6) is 0 Å². The van der Waals surface area contributed by atoms with E-state index < -0.39 is 11.9 Å². The summed E-state index contributed by atoms with van der Waals surface area (Å²) in [5.41, 5.74) is -0.263. The van der Waals surface area contributed by atoms with Crippen molar-refractivity contribution >= 4 is 16.7 Å². The summed E-state index contributed by atoms with van der Waals surface area (Å²) in [6.45, 7) is 3.68. The lowest BCUT2D eigenvalue weighted by Gasteiger charge is -2.06. The maximum absolute atomic E-state index is 12.1. The fourth-order valence-corrected chi connectivity index (χ4v) is 1.20. The van der Waals surface area contributed by atoms with E-state index in [0.29, 0.717) is 10.5 Å². The molecule has 0 unspecified atom stereocenters. The summed E-state index contributed by atoms with van der Waals surface area (Å²) in [6, 6.07) is 2.32. The number of thioether (sulfide) groups is 1. The molecule has 0 bridgehead atoms. The van der Waals surface area contributed by atoms with Crippen molar-refractivity contribution in [1.82, 2.24) is 4.98 Å². The lowest BCUT2D eigenvalue weighted by molar-refractivity contribution is -0.141. The summed E-state index contributed by atoms with van der Waals surface area (Å²) < 4.78 is 36.3. The van der Waals surface area contributed by atoms with Gasteiger partial charge in [0.25, 0.3) is 0 Å². The van der Waals surface area contributed by atoms with Crippen LogP contribution in [0.2, 0.25) is 0 Å². The standard InChI is InChI=1S/C9H8F3NS/c1-6(14-2)7-3-4-8(13-5-7)9(10,11)12/h3-5H,1H2,2H3. The van der Waals surface area contributed by atoms with E-state index in [9.17, 15) is 13.2 Å². The number of rotatable bonds is 2. The van der Waals surface area contributed by atoms with Crippen LogP contribution in [-0.2, 0) is 6.18 Å². The van der Waals surface area contributed by atoms with Gasteiger partial charge in [-0.1, -0.05) is 12.6 Å². The molecule has 1 nitrogen and oxygen atoms in total.